The van der Waals surface area contributed by atoms with Crippen molar-refractivity contribution in [3.8, 4) is 0 Å². The molecule has 0 saturated carbocycles. The third kappa shape index (κ3) is 2.58. The maximum Gasteiger partial charge on any atom is 0.244 e. The van der Waals surface area contributed by atoms with Gasteiger partial charge < -0.3 is 9.05 Å². The lowest BCUT2D eigenvalue weighted by atomic mass is 10.4. The number of rotatable bonds is 4. The van der Waals surface area contributed by atoms with Crippen LogP contribution in [0.1, 0.15) is 35.3 Å². The Morgan fingerprint density at radius 1 is 1.28 bits per heavy atom. The quantitative estimate of drug-likeness (QED) is 0.827. The Bertz CT molecular complexity index is 644. The molecule has 7 nitrogen and oxygen atoms in total. The summed E-state index contributed by atoms with van der Waals surface area (Å²) in [5.41, 5.74) is 0.640. The number of aryl methyl sites for hydroxylation is 2. The fourth-order valence-corrected chi connectivity index (χ4v) is 2.63. The van der Waals surface area contributed by atoms with Gasteiger partial charge in [0, 0.05) is 6.07 Å². The second kappa shape index (κ2) is 4.52. The van der Waals surface area contributed by atoms with E-state index in [1.807, 2.05) is 0 Å². The lowest BCUT2D eigenvalue weighted by Crippen LogP contribution is -2.13. The van der Waals surface area contributed by atoms with Crippen LogP contribution in [0.5, 0.6) is 0 Å². The Balaban J connectivity index is 2.20. The van der Waals surface area contributed by atoms with E-state index in [1.54, 1.807) is 19.9 Å². The molecule has 0 radical (unpaired) electrons. The van der Waals surface area contributed by atoms with Gasteiger partial charge in [0.15, 0.2) is 21.4 Å². The summed E-state index contributed by atoms with van der Waals surface area (Å²) in [6.07, 6.45) is 0. The molecule has 0 saturated heterocycles. The van der Waals surface area contributed by atoms with Crippen LogP contribution < -0.4 is 0 Å². The molecule has 2 aromatic rings. The largest absolute Gasteiger partial charge is 0.360 e. The minimum Gasteiger partial charge on any atom is -0.360 e. The average molecular weight is 271 g/mol. The normalized spacial score (nSPS) is 13.7. The zero-order chi connectivity index (χ0) is 13.3. The fraction of sp³-hybridized carbons (Fsp3) is 0.500. The lowest BCUT2D eigenvalue weighted by molar-refractivity contribution is 0.370. The third-order valence-electron chi connectivity index (χ3n) is 2.45. The SMILES string of the molecule is Cc1cc(CS(=O)(=O)[C@H](C)c2nc(C)no2)on1. The zero-order valence-electron chi connectivity index (χ0n) is 10.2. The van der Waals surface area contributed by atoms with Crippen LogP contribution in [0.3, 0.4) is 0 Å². The molecule has 0 aliphatic rings. The second-order valence-electron chi connectivity index (χ2n) is 4.06. The molecular weight excluding hydrogens is 258 g/mol. The Labute approximate surface area is 104 Å². The van der Waals surface area contributed by atoms with Gasteiger partial charge in [-0.2, -0.15) is 4.98 Å². The smallest absolute Gasteiger partial charge is 0.244 e. The van der Waals surface area contributed by atoms with Crippen LogP contribution in [0, 0.1) is 13.8 Å². The summed E-state index contributed by atoms with van der Waals surface area (Å²) in [4.78, 5) is 3.92. The van der Waals surface area contributed by atoms with Crippen molar-refractivity contribution in [1.82, 2.24) is 15.3 Å². The van der Waals surface area contributed by atoms with Gasteiger partial charge in [0.2, 0.25) is 5.89 Å². The molecule has 0 aliphatic heterocycles. The van der Waals surface area contributed by atoms with Crippen molar-refractivity contribution in [2.75, 3.05) is 0 Å². The Kier molecular flexibility index (Phi) is 3.20. The molecule has 2 rings (SSSR count). The van der Waals surface area contributed by atoms with Crippen LogP contribution in [0.15, 0.2) is 15.1 Å². The topological polar surface area (TPSA) is 99.1 Å². The van der Waals surface area contributed by atoms with E-state index in [0.717, 1.165) is 0 Å². The highest BCUT2D eigenvalue weighted by molar-refractivity contribution is 7.90. The van der Waals surface area contributed by atoms with Gasteiger partial charge in [0.05, 0.1) is 5.69 Å². The molecular formula is C10H13N3O4S. The van der Waals surface area contributed by atoms with Gasteiger partial charge in [-0.3, -0.25) is 0 Å². The van der Waals surface area contributed by atoms with Crippen LogP contribution in [-0.2, 0) is 15.6 Å². The van der Waals surface area contributed by atoms with Gasteiger partial charge in [0.1, 0.15) is 11.0 Å². The Morgan fingerprint density at radius 2 is 2.00 bits per heavy atom. The molecule has 2 aromatic heterocycles. The van der Waals surface area contributed by atoms with E-state index in [0.29, 0.717) is 17.3 Å². The first-order chi connectivity index (χ1) is 8.38. The first-order valence-electron chi connectivity index (χ1n) is 5.32. The number of hydrogen-bond acceptors (Lipinski definition) is 7. The van der Waals surface area contributed by atoms with E-state index < -0.39 is 15.1 Å². The van der Waals surface area contributed by atoms with E-state index in [2.05, 4.69) is 15.3 Å². The standard InChI is InChI=1S/C10H13N3O4S/c1-6-4-9(16-12-6)5-18(14,15)7(2)10-11-8(3)13-17-10/h4,7H,5H2,1-3H3/t7-/m1/s1. The summed E-state index contributed by atoms with van der Waals surface area (Å²) >= 11 is 0. The van der Waals surface area contributed by atoms with Gasteiger partial charge in [0.25, 0.3) is 0 Å². The molecule has 0 unspecified atom stereocenters. The molecule has 0 spiro atoms. The first-order valence-corrected chi connectivity index (χ1v) is 7.04. The average Bonchev–Trinajstić information content (AvgIpc) is 2.86. The molecule has 0 N–H and O–H groups in total. The summed E-state index contributed by atoms with van der Waals surface area (Å²) in [6, 6.07) is 1.59. The molecule has 1 atom stereocenters. The van der Waals surface area contributed by atoms with E-state index in [4.69, 9.17) is 9.05 Å². The van der Waals surface area contributed by atoms with Crippen molar-refractivity contribution in [2.45, 2.75) is 31.8 Å². The van der Waals surface area contributed by atoms with Gasteiger partial charge in [-0.15, -0.1) is 0 Å². The molecule has 2 heterocycles. The van der Waals surface area contributed by atoms with Crippen molar-refractivity contribution < 1.29 is 17.5 Å². The van der Waals surface area contributed by atoms with Crippen molar-refractivity contribution in [3.05, 3.63) is 29.2 Å². The van der Waals surface area contributed by atoms with E-state index in [9.17, 15) is 8.42 Å². The first kappa shape index (κ1) is 12.7. The molecule has 8 heteroatoms. The summed E-state index contributed by atoms with van der Waals surface area (Å²) in [7, 11) is -3.47. The minimum absolute atomic E-state index is 0.0868. The summed E-state index contributed by atoms with van der Waals surface area (Å²) in [5.74, 6) is 0.554. The van der Waals surface area contributed by atoms with Crippen molar-refractivity contribution in [3.63, 3.8) is 0 Å². The van der Waals surface area contributed by atoms with Crippen molar-refractivity contribution >= 4 is 9.84 Å². The number of aromatic nitrogens is 3. The predicted octanol–water partition coefficient (Wildman–Crippen LogP) is 1.35. The highest BCUT2D eigenvalue weighted by atomic mass is 32.2. The molecule has 0 fully saturated rings. The maximum absolute atomic E-state index is 12.1. The number of hydrogen-bond donors (Lipinski definition) is 0. The maximum atomic E-state index is 12.1. The zero-order valence-corrected chi connectivity index (χ0v) is 11.1. The molecule has 98 valence electrons. The Morgan fingerprint density at radius 3 is 2.50 bits per heavy atom. The van der Waals surface area contributed by atoms with Crippen LogP contribution in [0.4, 0.5) is 0 Å². The van der Waals surface area contributed by atoms with Gasteiger partial charge >= 0.3 is 0 Å². The van der Waals surface area contributed by atoms with Crippen LogP contribution in [-0.4, -0.2) is 23.7 Å². The third-order valence-corrected chi connectivity index (χ3v) is 4.42. The summed E-state index contributed by atoms with van der Waals surface area (Å²) in [6.45, 7) is 4.86. The van der Waals surface area contributed by atoms with E-state index in [1.165, 1.54) is 6.92 Å². The highest BCUT2D eigenvalue weighted by Gasteiger charge is 2.29. The van der Waals surface area contributed by atoms with Crippen molar-refractivity contribution in [1.29, 1.82) is 0 Å². The Hall–Kier alpha value is -1.70. The molecule has 0 aliphatic carbocycles. The molecule has 0 aromatic carbocycles. The monoisotopic (exact) mass is 271 g/mol. The fourth-order valence-electron chi connectivity index (χ4n) is 1.44. The van der Waals surface area contributed by atoms with Gasteiger partial charge in [-0.25, -0.2) is 8.42 Å². The van der Waals surface area contributed by atoms with E-state index >= 15 is 0 Å². The van der Waals surface area contributed by atoms with Crippen LogP contribution in [0.25, 0.3) is 0 Å². The predicted molar refractivity (Wildman–Crippen MR) is 61.3 cm³/mol. The highest BCUT2D eigenvalue weighted by Crippen LogP contribution is 2.24. The molecule has 18 heavy (non-hydrogen) atoms. The van der Waals surface area contributed by atoms with E-state index in [-0.39, 0.29) is 11.6 Å². The summed E-state index contributed by atoms with van der Waals surface area (Å²) in [5, 5.41) is 6.35. The lowest BCUT2D eigenvalue weighted by Gasteiger charge is -2.06. The summed E-state index contributed by atoms with van der Waals surface area (Å²) < 4.78 is 34.0. The van der Waals surface area contributed by atoms with Gasteiger partial charge in [-0.1, -0.05) is 10.3 Å². The molecule has 0 amide bonds. The van der Waals surface area contributed by atoms with Crippen LogP contribution >= 0.6 is 0 Å². The minimum atomic E-state index is -3.47. The number of nitrogens with zero attached hydrogens (tertiary/aromatic N) is 3. The number of sulfone groups is 1. The molecule has 0 bridgehead atoms. The van der Waals surface area contributed by atoms with Crippen molar-refractivity contribution in [2.24, 2.45) is 0 Å². The van der Waals surface area contributed by atoms with Gasteiger partial charge in [-0.05, 0) is 20.8 Å². The second-order valence-corrected chi connectivity index (χ2v) is 6.39. The van der Waals surface area contributed by atoms with Crippen LogP contribution in [0.2, 0.25) is 0 Å².